The standard InChI is InChI=1S/C15H18BrFN8O5S/c16-10-7-9(1-2-11(10)17)19-13(22-27)12-14(24-30-23-12)21-15(26)20-8-3-5-25(6-4-8)31(18,28)29/h1-2,7-8,27H,3-6H2,(H,19,22)(H2,18,28,29)(H2,20,21,24,26). The first kappa shape index (κ1) is 23.0. The monoisotopic (exact) mass is 520 g/mol. The molecule has 2 aromatic rings. The molecule has 3 rings (SSSR count). The molecule has 0 bridgehead atoms. The normalized spacial score (nSPS) is 16.2. The van der Waals surface area contributed by atoms with E-state index in [9.17, 15) is 22.8 Å². The maximum atomic E-state index is 13.4. The van der Waals surface area contributed by atoms with E-state index in [0.29, 0.717) is 12.8 Å². The van der Waals surface area contributed by atoms with Crippen LogP contribution in [0.25, 0.3) is 0 Å². The summed E-state index contributed by atoms with van der Waals surface area (Å²) in [5, 5.41) is 26.8. The van der Waals surface area contributed by atoms with E-state index in [4.69, 9.17) is 5.14 Å². The van der Waals surface area contributed by atoms with Crippen LogP contribution in [0.3, 0.4) is 0 Å². The molecule has 16 heteroatoms. The minimum absolute atomic E-state index is 0.109. The number of amides is 2. The molecule has 0 aliphatic carbocycles. The molecule has 2 amide bonds. The van der Waals surface area contributed by atoms with Crippen molar-refractivity contribution in [2.24, 2.45) is 10.1 Å². The first-order valence-electron chi connectivity index (χ1n) is 8.79. The number of halogens is 2. The Morgan fingerprint density at radius 3 is 2.68 bits per heavy atom. The van der Waals surface area contributed by atoms with E-state index in [1.54, 1.807) is 0 Å². The number of hydrogen-bond donors (Lipinski definition) is 5. The summed E-state index contributed by atoms with van der Waals surface area (Å²) >= 11 is 3.03. The molecule has 6 N–H and O–H groups in total. The number of urea groups is 1. The van der Waals surface area contributed by atoms with Gasteiger partial charge < -0.3 is 5.32 Å². The number of amidine groups is 1. The molecule has 1 aromatic heterocycles. The second-order valence-electron chi connectivity index (χ2n) is 6.45. The van der Waals surface area contributed by atoms with Crippen LogP contribution < -0.4 is 21.3 Å². The lowest BCUT2D eigenvalue weighted by Gasteiger charge is -2.30. The van der Waals surface area contributed by atoms with Crippen LogP contribution in [0.15, 0.2) is 32.3 Å². The van der Waals surface area contributed by atoms with Crippen molar-refractivity contribution in [1.82, 2.24) is 25.4 Å². The van der Waals surface area contributed by atoms with Crippen molar-refractivity contribution >= 4 is 49.5 Å². The predicted octanol–water partition coefficient (Wildman–Crippen LogP) is 0.818. The van der Waals surface area contributed by atoms with Gasteiger partial charge in [0.15, 0.2) is 11.5 Å². The molecular weight excluding hydrogens is 503 g/mol. The van der Waals surface area contributed by atoms with Gasteiger partial charge in [0, 0.05) is 19.1 Å². The summed E-state index contributed by atoms with van der Waals surface area (Å²) in [6.07, 6.45) is 0.746. The highest BCUT2D eigenvalue weighted by Gasteiger charge is 2.27. The zero-order valence-electron chi connectivity index (χ0n) is 15.7. The van der Waals surface area contributed by atoms with Crippen LogP contribution in [-0.2, 0) is 10.2 Å². The molecule has 0 saturated carbocycles. The zero-order chi connectivity index (χ0) is 22.6. The maximum absolute atomic E-state index is 13.4. The minimum atomic E-state index is -3.76. The number of hydroxylamine groups is 1. The van der Waals surface area contributed by atoms with Crippen molar-refractivity contribution in [2.75, 3.05) is 18.4 Å². The maximum Gasteiger partial charge on any atom is 0.320 e. The summed E-state index contributed by atoms with van der Waals surface area (Å²) in [6.45, 7) is 0.359. The van der Waals surface area contributed by atoms with Gasteiger partial charge in [0.05, 0.1) is 10.2 Å². The topological polar surface area (TPSA) is 188 Å². The Bertz CT molecular complexity index is 1090. The van der Waals surface area contributed by atoms with Crippen LogP contribution in [0.2, 0.25) is 0 Å². The minimum Gasteiger partial charge on any atom is -0.335 e. The van der Waals surface area contributed by atoms with Crippen LogP contribution in [0.1, 0.15) is 18.5 Å². The first-order valence-corrected chi connectivity index (χ1v) is 11.1. The van der Waals surface area contributed by atoms with Crippen molar-refractivity contribution in [2.45, 2.75) is 18.9 Å². The molecule has 168 valence electrons. The largest absolute Gasteiger partial charge is 0.335 e. The summed E-state index contributed by atoms with van der Waals surface area (Å²) in [6, 6.07) is 2.97. The molecule has 1 aromatic carbocycles. The second-order valence-corrected chi connectivity index (χ2v) is 8.85. The van der Waals surface area contributed by atoms with Gasteiger partial charge in [-0.05, 0) is 57.3 Å². The van der Waals surface area contributed by atoms with Crippen molar-refractivity contribution in [3.05, 3.63) is 34.2 Å². The lowest BCUT2D eigenvalue weighted by molar-refractivity contribution is 0.233. The number of aliphatic imine (C=N–C) groups is 1. The van der Waals surface area contributed by atoms with Crippen molar-refractivity contribution in [3.63, 3.8) is 0 Å². The van der Waals surface area contributed by atoms with Gasteiger partial charge in [-0.1, -0.05) is 0 Å². The Kier molecular flexibility index (Phi) is 7.16. The molecule has 1 fully saturated rings. The van der Waals surface area contributed by atoms with Crippen molar-refractivity contribution in [1.29, 1.82) is 0 Å². The molecule has 2 heterocycles. The number of benzene rings is 1. The van der Waals surface area contributed by atoms with Crippen molar-refractivity contribution < 1.29 is 27.4 Å². The van der Waals surface area contributed by atoms with E-state index in [-0.39, 0.29) is 46.6 Å². The van der Waals surface area contributed by atoms with Gasteiger partial charge in [0.25, 0.3) is 10.2 Å². The zero-order valence-corrected chi connectivity index (χ0v) is 18.2. The number of piperidine rings is 1. The fourth-order valence-corrected chi connectivity index (χ4v) is 3.91. The summed E-state index contributed by atoms with van der Waals surface area (Å²) in [7, 11) is -3.76. The number of nitrogens with two attached hydrogens (primary N) is 1. The van der Waals surface area contributed by atoms with Gasteiger partial charge in [-0.15, -0.1) is 0 Å². The van der Waals surface area contributed by atoms with Gasteiger partial charge in [-0.3, -0.25) is 16.0 Å². The molecule has 0 radical (unpaired) electrons. The Morgan fingerprint density at radius 2 is 2.06 bits per heavy atom. The molecule has 0 unspecified atom stereocenters. The van der Waals surface area contributed by atoms with E-state index in [2.05, 4.69) is 46.5 Å². The van der Waals surface area contributed by atoms with Crippen LogP contribution in [-0.4, -0.2) is 59.2 Å². The summed E-state index contributed by atoms with van der Waals surface area (Å²) in [5.74, 6) is -0.841. The summed E-state index contributed by atoms with van der Waals surface area (Å²) in [4.78, 5) is 16.4. The van der Waals surface area contributed by atoms with Crippen LogP contribution >= 0.6 is 15.9 Å². The highest BCUT2D eigenvalue weighted by Crippen LogP contribution is 2.23. The number of hydrogen-bond acceptors (Lipinski definition) is 8. The lowest BCUT2D eigenvalue weighted by atomic mass is 10.1. The molecule has 31 heavy (non-hydrogen) atoms. The van der Waals surface area contributed by atoms with E-state index < -0.39 is 22.1 Å². The molecule has 0 atom stereocenters. The SMILES string of the molecule is NS(=O)(=O)N1CCC(NC(=O)Nc2nonc2C(=Nc2ccc(F)c(Br)c2)NO)CC1. The molecule has 13 nitrogen and oxygen atoms in total. The van der Waals surface area contributed by atoms with E-state index >= 15 is 0 Å². The number of anilines is 1. The summed E-state index contributed by atoms with van der Waals surface area (Å²) in [5.41, 5.74) is 1.99. The number of rotatable bonds is 5. The van der Waals surface area contributed by atoms with E-state index in [0.717, 1.165) is 4.31 Å². The third-order valence-electron chi connectivity index (χ3n) is 4.34. The number of carbonyl (C=O) groups is 1. The highest BCUT2D eigenvalue weighted by atomic mass is 79.9. The van der Waals surface area contributed by atoms with Crippen LogP contribution in [0, 0.1) is 5.82 Å². The first-order chi connectivity index (χ1) is 14.7. The van der Waals surface area contributed by atoms with Gasteiger partial charge in [-0.2, -0.15) is 12.7 Å². The number of nitrogens with zero attached hydrogens (tertiary/aromatic N) is 4. The summed E-state index contributed by atoms with van der Waals surface area (Å²) < 4.78 is 42.0. The van der Waals surface area contributed by atoms with Gasteiger partial charge in [0.1, 0.15) is 5.82 Å². The fraction of sp³-hybridized carbons (Fsp3) is 0.333. The fourth-order valence-electron chi connectivity index (χ4n) is 2.82. The van der Waals surface area contributed by atoms with Crippen molar-refractivity contribution in [3.8, 4) is 0 Å². The number of aromatic nitrogens is 2. The number of carbonyl (C=O) groups excluding carboxylic acids is 1. The molecule has 1 aliphatic rings. The lowest BCUT2D eigenvalue weighted by Crippen LogP contribution is -2.49. The van der Waals surface area contributed by atoms with Gasteiger partial charge in [0.2, 0.25) is 5.82 Å². The molecule has 0 spiro atoms. The Labute approximate surface area is 184 Å². The molecule has 1 aliphatic heterocycles. The second kappa shape index (κ2) is 9.65. The third-order valence-corrected chi connectivity index (χ3v) is 6.04. The highest BCUT2D eigenvalue weighted by molar-refractivity contribution is 9.10. The Morgan fingerprint density at radius 1 is 1.35 bits per heavy atom. The van der Waals surface area contributed by atoms with E-state index in [1.807, 2.05) is 5.48 Å². The third kappa shape index (κ3) is 5.95. The predicted molar refractivity (Wildman–Crippen MR) is 109 cm³/mol. The quantitative estimate of drug-likeness (QED) is 0.217. The smallest absolute Gasteiger partial charge is 0.320 e. The van der Waals surface area contributed by atoms with Crippen LogP contribution in [0.4, 0.5) is 20.7 Å². The van der Waals surface area contributed by atoms with E-state index in [1.165, 1.54) is 18.2 Å². The molecule has 1 saturated heterocycles. The average Bonchev–Trinajstić information content (AvgIpc) is 3.16. The number of nitrogens with one attached hydrogen (secondary N) is 3. The van der Waals surface area contributed by atoms with Crippen LogP contribution in [0.5, 0.6) is 0 Å². The Hall–Kier alpha value is -2.66. The van der Waals surface area contributed by atoms with Gasteiger partial charge in [-0.25, -0.2) is 23.9 Å². The average molecular weight is 521 g/mol. The Balaban J connectivity index is 1.66. The van der Waals surface area contributed by atoms with Gasteiger partial charge >= 0.3 is 6.03 Å². The molecular formula is C15H18BrFN8O5S.